The van der Waals surface area contributed by atoms with Gasteiger partial charge in [-0.15, -0.1) is 22.9 Å². The number of alkyl halides is 1. The molecule has 7 heteroatoms. The molecule has 0 saturated carbocycles. The molecule has 2 amide bonds. The lowest BCUT2D eigenvalue weighted by Crippen LogP contribution is -2.45. The van der Waals surface area contributed by atoms with Crippen LogP contribution in [0.3, 0.4) is 0 Å². The maximum atomic E-state index is 13.1. The van der Waals surface area contributed by atoms with Gasteiger partial charge in [-0.2, -0.15) is 0 Å². The molecule has 2 rings (SSSR count). The van der Waals surface area contributed by atoms with Gasteiger partial charge in [0.2, 0.25) is 11.8 Å². The minimum Gasteiger partial charge on any atom is -0.385 e. The van der Waals surface area contributed by atoms with Gasteiger partial charge in [0.1, 0.15) is 5.38 Å². The molecule has 0 fully saturated rings. The van der Waals surface area contributed by atoms with Crippen molar-refractivity contribution in [1.29, 1.82) is 0 Å². The number of methoxy groups -OCH3 is 1. The van der Waals surface area contributed by atoms with Gasteiger partial charge in [0.05, 0.1) is 13.1 Å². The monoisotopic (exact) mass is 422 g/mol. The maximum absolute atomic E-state index is 13.1. The summed E-state index contributed by atoms with van der Waals surface area (Å²) in [6.45, 7) is 3.62. The fourth-order valence-electron chi connectivity index (χ4n) is 2.81. The van der Waals surface area contributed by atoms with E-state index >= 15 is 0 Å². The van der Waals surface area contributed by atoms with E-state index < -0.39 is 5.38 Å². The second-order valence-corrected chi connectivity index (χ2v) is 8.22. The second kappa shape index (κ2) is 11.8. The van der Waals surface area contributed by atoms with Gasteiger partial charge < -0.3 is 14.5 Å². The van der Waals surface area contributed by atoms with Gasteiger partial charge >= 0.3 is 0 Å². The summed E-state index contributed by atoms with van der Waals surface area (Å²) in [5, 5.41) is 1.33. The largest absolute Gasteiger partial charge is 0.385 e. The number of carbonyl (C=O) groups excluding carboxylic acids is 2. The number of nitrogens with zero attached hydrogens (tertiary/aromatic N) is 2. The lowest BCUT2D eigenvalue weighted by atomic mass is 10.2. The predicted octanol–water partition coefficient (Wildman–Crippen LogP) is 3.77. The third kappa shape index (κ3) is 7.26. The zero-order valence-electron chi connectivity index (χ0n) is 16.3. The molecule has 2 aromatic rings. The molecule has 28 heavy (non-hydrogen) atoms. The van der Waals surface area contributed by atoms with Crippen molar-refractivity contribution in [1.82, 2.24) is 9.80 Å². The maximum Gasteiger partial charge on any atom is 0.242 e. The van der Waals surface area contributed by atoms with Gasteiger partial charge in [0.25, 0.3) is 0 Å². The van der Waals surface area contributed by atoms with E-state index in [1.165, 1.54) is 4.90 Å². The van der Waals surface area contributed by atoms with Crippen LogP contribution in [0.4, 0.5) is 0 Å². The Hall–Kier alpha value is -1.89. The highest BCUT2D eigenvalue weighted by Crippen LogP contribution is 2.15. The molecule has 1 heterocycles. The molecule has 152 valence electrons. The molecule has 0 saturated heterocycles. The molecular weight excluding hydrogens is 396 g/mol. The lowest BCUT2D eigenvalue weighted by Gasteiger charge is -2.28. The third-order valence-corrected chi connectivity index (χ3v) is 5.30. The summed E-state index contributed by atoms with van der Waals surface area (Å²) in [6.07, 6.45) is 0.655. The van der Waals surface area contributed by atoms with E-state index in [-0.39, 0.29) is 18.4 Å². The predicted molar refractivity (Wildman–Crippen MR) is 113 cm³/mol. The summed E-state index contributed by atoms with van der Waals surface area (Å²) in [7, 11) is 1.62. The number of hydrogen-bond acceptors (Lipinski definition) is 4. The number of halogens is 1. The van der Waals surface area contributed by atoms with Crippen LogP contribution in [-0.2, 0) is 27.4 Å². The van der Waals surface area contributed by atoms with Crippen LogP contribution in [0.2, 0.25) is 0 Å². The highest BCUT2D eigenvalue weighted by Gasteiger charge is 2.24. The van der Waals surface area contributed by atoms with Gasteiger partial charge in [0.15, 0.2) is 0 Å². The Kier molecular flexibility index (Phi) is 9.47. The number of benzene rings is 1. The second-order valence-electron chi connectivity index (χ2n) is 6.54. The molecule has 0 spiro atoms. The van der Waals surface area contributed by atoms with Crippen LogP contribution in [-0.4, -0.2) is 53.8 Å². The molecule has 1 atom stereocenters. The number of amides is 2. The van der Waals surface area contributed by atoms with Gasteiger partial charge in [0, 0.05) is 31.7 Å². The van der Waals surface area contributed by atoms with Crippen LogP contribution in [0.15, 0.2) is 47.8 Å². The average Bonchev–Trinajstić information content (AvgIpc) is 3.20. The molecule has 0 bridgehead atoms. The Bertz CT molecular complexity index is 723. The standard InChI is InChI=1S/C21H27ClN2O3S/c1-17(22)21(26)23(11-7-12-27-2)16-20(25)24(15-19-10-6-13-28-19)14-18-8-4-3-5-9-18/h3-6,8-10,13,17H,7,11-12,14-16H2,1-2H3. The van der Waals surface area contributed by atoms with E-state index in [0.717, 1.165) is 10.4 Å². The summed E-state index contributed by atoms with van der Waals surface area (Å²) >= 11 is 7.61. The van der Waals surface area contributed by atoms with E-state index in [0.29, 0.717) is 32.7 Å². The van der Waals surface area contributed by atoms with E-state index in [4.69, 9.17) is 16.3 Å². The normalized spacial score (nSPS) is 11.8. The van der Waals surface area contributed by atoms with Crippen molar-refractivity contribution >= 4 is 34.8 Å². The van der Waals surface area contributed by atoms with E-state index in [9.17, 15) is 9.59 Å². The Labute approximate surface area is 175 Å². The molecular formula is C21H27ClN2O3S. The van der Waals surface area contributed by atoms with E-state index in [1.807, 2.05) is 47.8 Å². The first-order chi connectivity index (χ1) is 13.5. The minimum absolute atomic E-state index is 0.0117. The zero-order valence-corrected chi connectivity index (χ0v) is 17.9. The number of carbonyl (C=O) groups is 2. The van der Waals surface area contributed by atoms with Crippen molar-refractivity contribution in [3.63, 3.8) is 0 Å². The summed E-state index contributed by atoms with van der Waals surface area (Å²) in [4.78, 5) is 30.0. The van der Waals surface area contributed by atoms with Gasteiger partial charge in [-0.1, -0.05) is 36.4 Å². The van der Waals surface area contributed by atoms with Crippen molar-refractivity contribution in [3.05, 3.63) is 58.3 Å². The molecule has 0 aliphatic rings. The van der Waals surface area contributed by atoms with Gasteiger partial charge in [-0.25, -0.2) is 0 Å². The van der Waals surface area contributed by atoms with Crippen LogP contribution in [0.5, 0.6) is 0 Å². The number of ether oxygens (including phenoxy) is 1. The molecule has 0 aliphatic carbocycles. The molecule has 0 radical (unpaired) electrons. The topological polar surface area (TPSA) is 49.9 Å². The summed E-state index contributed by atoms with van der Waals surface area (Å²) in [6, 6.07) is 13.8. The molecule has 1 unspecified atom stereocenters. The van der Waals surface area contributed by atoms with Gasteiger partial charge in [-0.3, -0.25) is 9.59 Å². The zero-order chi connectivity index (χ0) is 20.4. The first-order valence-electron chi connectivity index (χ1n) is 9.27. The van der Waals surface area contributed by atoms with Crippen LogP contribution in [0.1, 0.15) is 23.8 Å². The van der Waals surface area contributed by atoms with Crippen molar-refractivity contribution in [2.75, 3.05) is 26.8 Å². The highest BCUT2D eigenvalue weighted by molar-refractivity contribution is 7.09. The number of rotatable bonds is 11. The fraction of sp³-hybridized carbons (Fsp3) is 0.429. The van der Waals surface area contributed by atoms with Crippen LogP contribution in [0, 0.1) is 0 Å². The first-order valence-corrected chi connectivity index (χ1v) is 10.6. The number of hydrogen-bond donors (Lipinski definition) is 0. The Balaban J connectivity index is 2.12. The molecule has 1 aromatic carbocycles. The third-order valence-electron chi connectivity index (χ3n) is 4.25. The van der Waals surface area contributed by atoms with Crippen molar-refractivity contribution in [2.24, 2.45) is 0 Å². The molecule has 5 nitrogen and oxygen atoms in total. The molecule has 1 aromatic heterocycles. The first kappa shape index (κ1) is 22.4. The van der Waals surface area contributed by atoms with E-state index in [1.54, 1.807) is 30.3 Å². The Morgan fingerprint density at radius 2 is 1.86 bits per heavy atom. The molecule has 0 aliphatic heterocycles. The van der Waals surface area contributed by atoms with Crippen LogP contribution < -0.4 is 0 Å². The lowest BCUT2D eigenvalue weighted by molar-refractivity contribution is -0.141. The minimum atomic E-state index is -0.671. The van der Waals surface area contributed by atoms with Crippen LogP contribution >= 0.6 is 22.9 Å². The molecule has 0 N–H and O–H groups in total. The Morgan fingerprint density at radius 1 is 1.11 bits per heavy atom. The average molecular weight is 423 g/mol. The van der Waals surface area contributed by atoms with Crippen molar-refractivity contribution < 1.29 is 14.3 Å². The number of thiophene rings is 1. The summed E-state index contributed by atoms with van der Waals surface area (Å²) in [5.74, 6) is -0.331. The Morgan fingerprint density at radius 3 is 2.46 bits per heavy atom. The van der Waals surface area contributed by atoms with Gasteiger partial charge in [-0.05, 0) is 30.4 Å². The quantitative estimate of drug-likeness (QED) is 0.409. The fourth-order valence-corrected chi connectivity index (χ4v) is 3.67. The highest BCUT2D eigenvalue weighted by atomic mass is 35.5. The SMILES string of the molecule is COCCCN(CC(=O)N(Cc1ccccc1)Cc1cccs1)C(=O)C(C)Cl. The van der Waals surface area contributed by atoms with Crippen LogP contribution in [0.25, 0.3) is 0 Å². The van der Waals surface area contributed by atoms with Crippen molar-refractivity contribution in [3.8, 4) is 0 Å². The summed E-state index contributed by atoms with van der Waals surface area (Å²) < 4.78 is 5.07. The van der Waals surface area contributed by atoms with Crippen molar-refractivity contribution in [2.45, 2.75) is 31.8 Å². The van der Waals surface area contributed by atoms with E-state index in [2.05, 4.69) is 0 Å². The summed E-state index contributed by atoms with van der Waals surface area (Å²) in [5.41, 5.74) is 1.05. The smallest absolute Gasteiger partial charge is 0.242 e.